The van der Waals surface area contributed by atoms with Crippen molar-refractivity contribution in [3.05, 3.63) is 35.9 Å². The molecule has 10 heteroatoms. The van der Waals surface area contributed by atoms with E-state index in [9.17, 15) is 21.8 Å². The molecule has 0 spiro atoms. The summed E-state index contributed by atoms with van der Waals surface area (Å²) in [5.41, 5.74) is 0.291. The Labute approximate surface area is 155 Å². The maximum atomic E-state index is 13.1. The smallest absolute Gasteiger partial charge is 0.228 e. The largest absolute Gasteiger partial charge is 0.462 e. The average Bonchev–Trinajstić information content (AvgIpc) is 2.65. The number of halogens is 4. The number of hydrogen-bond donors (Lipinski definition) is 0. The molecule has 0 aliphatic heterocycles. The van der Waals surface area contributed by atoms with Crippen molar-refractivity contribution in [2.75, 3.05) is 27.4 Å². The Balaban J connectivity index is 2.60. The average molecular weight is 408 g/mol. The molecule has 0 saturated carbocycles. The van der Waals surface area contributed by atoms with Crippen LogP contribution in [-0.2, 0) is 10.8 Å². The van der Waals surface area contributed by atoms with Crippen molar-refractivity contribution in [2.45, 2.75) is 16.7 Å². The van der Waals surface area contributed by atoms with Gasteiger partial charge in [-0.15, -0.1) is 0 Å². The van der Waals surface area contributed by atoms with Crippen molar-refractivity contribution in [3.8, 4) is 23.0 Å². The fourth-order valence-corrected chi connectivity index (χ4v) is 3.59. The molecule has 148 valence electrons. The van der Waals surface area contributed by atoms with Gasteiger partial charge < -0.3 is 18.9 Å². The van der Waals surface area contributed by atoms with Gasteiger partial charge in [-0.05, 0) is 31.2 Å². The lowest BCUT2D eigenvalue weighted by Crippen LogP contribution is -2.05. The molecule has 0 heterocycles. The van der Waals surface area contributed by atoms with Crippen LogP contribution in [0, 0.1) is 6.92 Å². The lowest BCUT2D eigenvalue weighted by molar-refractivity contribution is 0.173. The molecule has 5 nitrogen and oxygen atoms in total. The summed E-state index contributed by atoms with van der Waals surface area (Å²) >= 11 is 0. The first-order chi connectivity index (χ1) is 13.1. The van der Waals surface area contributed by atoms with Gasteiger partial charge in [-0.1, -0.05) is 6.07 Å². The highest BCUT2D eigenvalue weighted by Crippen LogP contribution is 2.38. The first-order valence-corrected chi connectivity index (χ1v) is 8.66. The number of ether oxygens (including phenoxy) is 4. The van der Waals surface area contributed by atoms with Crippen molar-refractivity contribution in [1.82, 2.24) is 0 Å². The van der Waals surface area contributed by atoms with Gasteiger partial charge in [0.2, 0.25) is 27.4 Å². The Bertz CT molecular complexity index is 752. The first kappa shape index (κ1) is 20.8. The van der Waals surface area contributed by atoms with E-state index in [1.54, 1.807) is 0 Å². The van der Waals surface area contributed by atoms with E-state index < -0.39 is 38.2 Å². The van der Waals surface area contributed by atoms with E-state index >= 15 is 0 Å². The zero-order valence-corrected chi connectivity index (χ0v) is 15.0. The molecule has 1 unspecified atom stereocenters. The third-order valence-corrected chi connectivity index (χ3v) is 4.91. The second kappa shape index (κ2) is 10.0. The maximum absolute atomic E-state index is 13.1. The van der Waals surface area contributed by atoms with Gasteiger partial charge in [-0.3, -0.25) is 0 Å². The minimum absolute atomic E-state index is 0.00566. The number of alkyl halides is 4. The van der Waals surface area contributed by atoms with E-state index in [1.807, 2.05) is 0 Å². The second-order valence-electron chi connectivity index (χ2n) is 4.91. The van der Waals surface area contributed by atoms with Crippen LogP contribution in [-0.4, -0.2) is 31.7 Å². The van der Waals surface area contributed by atoms with Crippen LogP contribution >= 0.6 is 0 Å². The predicted octanol–water partition coefficient (Wildman–Crippen LogP) is 4.38. The van der Waals surface area contributed by atoms with Crippen molar-refractivity contribution >= 4 is 10.8 Å². The molecule has 1 atom stereocenters. The molecular weight excluding hydrogens is 392 g/mol. The van der Waals surface area contributed by atoms with Crippen LogP contribution < -0.4 is 18.9 Å². The molecule has 2 aromatic carbocycles. The molecule has 2 aromatic rings. The van der Waals surface area contributed by atoms with Gasteiger partial charge in [-0.2, -0.15) is 0 Å². The molecule has 0 amide bonds. The van der Waals surface area contributed by atoms with Crippen LogP contribution in [0.4, 0.5) is 17.6 Å². The Hall–Kier alpha value is -2.49. The summed E-state index contributed by atoms with van der Waals surface area (Å²) in [6.07, 6.45) is 0. The van der Waals surface area contributed by atoms with Crippen LogP contribution in [0.1, 0.15) is 5.56 Å². The van der Waals surface area contributed by atoms with Crippen molar-refractivity contribution in [3.63, 3.8) is 0 Å². The highest BCUT2D eigenvalue weighted by Gasteiger charge is 2.22. The summed E-state index contributed by atoms with van der Waals surface area (Å²) in [6, 6.07) is 6.55. The molecule has 2 rings (SSSR count). The molecule has 0 aliphatic rings. The fourth-order valence-electron chi connectivity index (χ4n) is 2.30. The van der Waals surface area contributed by atoms with E-state index in [-0.39, 0.29) is 32.8 Å². The Morgan fingerprint density at radius 2 is 1.19 bits per heavy atom. The lowest BCUT2D eigenvalue weighted by Gasteiger charge is -2.16. The Kier molecular flexibility index (Phi) is 7.71. The molecule has 0 aromatic heterocycles. The Morgan fingerprint density at radius 3 is 1.59 bits per heavy atom. The summed E-state index contributed by atoms with van der Waals surface area (Å²) in [6.45, 7) is -3.29. The summed E-state index contributed by atoms with van der Waals surface area (Å²) in [7, 11) is -2.10. The normalized spacial score (nSPS) is 11.7. The van der Waals surface area contributed by atoms with E-state index in [4.69, 9.17) is 18.9 Å². The molecule has 0 bridgehead atoms. The van der Waals surface area contributed by atoms with Crippen LogP contribution in [0.25, 0.3) is 0 Å². The number of hydrogen-bond acceptors (Lipinski definition) is 5. The SMILES string of the molecule is Cc1c(OCF)cc(S(=O)c2c(OCF)cccc2OCF)cc1OCF. The van der Waals surface area contributed by atoms with Crippen LogP contribution in [0.3, 0.4) is 0 Å². The van der Waals surface area contributed by atoms with Crippen molar-refractivity contribution in [2.24, 2.45) is 0 Å². The fraction of sp³-hybridized carbons (Fsp3) is 0.294. The highest BCUT2D eigenvalue weighted by atomic mass is 32.2. The van der Waals surface area contributed by atoms with Crippen molar-refractivity contribution < 1.29 is 40.7 Å². The lowest BCUT2D eigenvalue weighted by atomic mass is 10.2. The minimum atomic E-state index is -2.10. The van der Waals surface area contributed by atoms with E-state index in [1.165, 1.54) is 37.3 Å². The quantitative estimate of drug-likeness (QED) is 0.546. The van der Waals surface area contributed by atoms with Crippen LogP contribution in [0.15, 0.2) is 40.1 Å². The molecular formula is C17H16F4O5S. The van der Waals surface area contributed by atoms with Crippen LogP contribution in [0.5, 0.6) is 23.0 Å². The maximum Gasteiger partial charge on any atom is 0.228 e. The van der Waals surface area contributed by atoms with E-state index in [0.29, 0.717) is 5.56 Å². The van der Waals surface area contributed by atoms with Gasteiger partial charge in [0.25, 0.3) is 0 Å². The monoisotopic (exact) mass is 408 g/mol. The molecule has 0 fully saturated rings. The summed E-state index contributed by atoms with van der Waals surface area (Å²) in [5, 5.41) is 0. The van der Waals surface area contributed by atoms with Crippen LogP contribution in [0.2, 0.25) is 0 Å². The minimum Gasteiger partial charge on any atom is -0.462 e. The van der Waals surface area contributed by atoms with Crippen molar-refractivity contribution in [1.29, 1.82) is 0 Å². The van der Waals surface area contributed by atoms with Gasteiger partial charge in [0.15, 0.2) is 0 Å². The molecule has 27 heavy (non-hydrogen) atoms. The zero-order valence-electron chi connectivity index (χ0n) is 14.2. The molecule has 0 aliphatic carbocycles. The van der Waals surface area contributed by atoms with E-state index in [2.05, 4.69) is 0 Å². The Morgan fingerprint density at radius 1 is 0.778 bits per heavy atom. The number of rotatable bonds is 10. The molecule has 0 N–H and O–H groups in total. The summed E-state index contributed by atoms with van der Waals surface area (Å²) in [5.74, 6) is -0.321. The summed E-state index contributed by atoms with van der Waals surface area (Å²) in [4.78, 5) is -0.139. The highest BCUT2D eigenvalue weighted by molar-refractivity contribution is 7.85. The topological polar surface area (TPSA) is 54.0 Å². The standard InChI is InChI=1S/C17H16F4O5S/c1-11-15(25-9-20)5-12(6-16(11)26-10-21)27(22)17-13(23-7-18)3-2-4-14(17)24-8-19/h2-6H,7-10H2,1H3. The van der Waals surface area contributed by atoms with Gasteiger partial charge in [0, 0.05) is 5.56 Å². The molecule has 0 radical (unpaired) electrons. The number of benzene rings is 2. The predicted molar refractivity (Wildman–Crippen MR) is 88.7 cm³/mol. The van der Waals surface area contributed by atoms with Gasteiger partial charge in [-0.25, -0.2) is 21.8 Å². The van der Waals surface area contributed by atoms with E-state index in [0.717, 1.165) is 0 Å². The second-order valence-corrected chi connectivity index (χ2v) is 6.33. The third kappa shape index (κ3) is 4.82. The first-order valence-electron chi connectivity index (χ1n) is 7.51. The van der Waals surface area contributed by atoms with Gasteiger partial charge in [0.05, 0.1) is 15.7 Å². The zero-order chi connectivity index (χ0) is 19.8. The summed E-state index contributed by atoms with van der Waals surface area (Å²) < 4.78 is 82.9. The van der Waals surface area contributed by atoms with Gasteiger partial charge >= 0.3 is 0 Å². The van der Waals surface area contributed by atoms with Gasteiger partial charge in [0.1, 0.15) is 27.9 Å². The third-order valence-electron chi connectivity index (χ3n) is 3.47. The molecule has 0 saturated heterocycles.